The van der Waals surface area contributed by atoms with E-state index < -0.39 is 30.8 Å². The Hall–Kier alpha value is -6.64. The molecule has 0 aliphatic heterocycles. The second kappa shape index (κ2) is 23.5. The van der Waals surface area contributed by atoms with Crippen molar-refractivity contribution in [3.8, 4) is 23.0 Å². The van der Waals surface area contributed by atoms with Crippen molar-refractivity contribution in [2.45, 2.75) is 239 Å². The molecule has 4 unspecified atom stereocenters. The van der Waals surface area contributed by atoms with Gasteiger partial charge in [0.25, 0.3) is 11.8 Å². The number of phenolic OH excluding ortho intramolecular Hbond substituents is 2. The number of amides is 2. The normalized spacial score (nSPS) is 26.1. The molecule has 0 spiro atoms. The van der Waals surface area contributed by atoms with E-state index in [0.29, 0.717) is 67.2 Å². The van der Waals surface area contributed by atoms with Gasteiger partial charge in [-0.25, -0.2) is 16.8 Å². The smallest absolute Gasteiger partial charge is 0.258 e. The molecular formula is C82H102N2O10S2. The van der Waals surface area contributed by atoms with Crippen LogP contribution in [0.5, 0.6) is 23.0 Å². The lowest BCUT2D eigenvalue weighted by atomic mass is 9.45. The number of fused-ring (bicyclic) bond motifs is 8. The van der Waals surface area contributed by atoms with E-state index in [2.05, 4.69) is 142 Å². The monoisotopic (exact) mass is 1340 g/mol. The van der Waals surface area contributed by atoms with Gasteiger partial charge in [0.05, 0.1) is 9.79 Å². The molecule has 512 valence electrons. The number of rotatable bonds is 12. The average molecular weight is 1340 g/mol. The largest absolute Gasteiger partial charge is 0.507 e. The van der Waals surface area contributed by atoms with Crippen LogP contribution in [0.2, 0.25) is 0 Å². The summed E-state index contributed by atoms with van der Waals surface area (Å²) in [6.07, 6.45) is 14.9. The maximum atomic E-state index is 15.0. The van der Waals surface area contributed by atoms with Crippen molar-refractivity contribution in [3.05, 3.63) is 175 Å². The molecule has 14 heteroatoms. The van der Waals surface area contributed by atoms with E-state index in [-0.39, 0.29) is 94.7 Å². The van der Waals surface area contributed by atoms with Gasteiger partial charge in [-0.05, 0) is 235 Å². The Morgan fingerprint density at radius 2 is 0.667 bits per heavy atom. The van der Waals surface area contributed by atoms with Gasteiger partial charge in [0.2, 0.25) is 0 Å². The summed E-state index contributed by atoms with van der Waals surface area (Å²) in [6, 6.07) is 32.1. The zero-order chi connectivity index (χ0) is 68.9. The average Bonchev–Trinajstić information content (AvgIpc) is 0.721. The molecule has 15 rings (SSSR count). The van der Waals surface area contributed by atoms with Crippen LogP contribution in [-0.2, 0) is 87.4 Å². The number of hydrogen-bond donors (Lipinski definition) is 4. The van der Waals surface area contributed by atoms with E-state index in [1.54, 1.807) is 24.3 Å². The quantitative estimate of drug-likeness (QED) is 0.0917. The molecule has 16 bridgehead atoms. The van der Waals surface area contributed by atoms with E-state index in [9.17, 15) is 36.6 Å². The van der Waals surface area contributed by atoms with Crippen LogP contribution in [0.4, 0.5) is 0 Å². The Labute approximate surface area is 571 Å². The summed E-state index contributed by atoms with van der Waals surface area (Å²) >= 11 is 0. The third-order valence-corrected chi connectivity index (χ3v) is 25.7. The molecule has 4 N–H and O–H groups in total. The molecule has 8 saturated carbocycles. The van der Waals surface area contributed by atoms with Crippen LogP contribution in [0, 0.1) is 23.7 Å². The Morgan fingerprint density at radius 3 is 0.906 bits per heavy atom. The van der Waals surface area contributed by atoms with Crippen LogP contribution in [0.25, 0.3) is 0 Å². The summed E-state index contributed by atoms with van der Waals surface area (Å²) in [7, 11) is -6.73. The number of carbonyl (C=O) groups excluding carboxylic acids is 2. The summed E-state index contributed by atoms with van der Waals surface area (Å²) in [5, 5.41) is 33.4. The predicted molar refractivity (Wildman–Crippen MR) is 380 cm³/mol. The molecule has 2 amide bonds. The summed E-state index contributed by atoms with van der Waals surface area (Å²) in [6.45, 7) is 25.7. The molecule has 8 atom stereocenters. The summed E-state index contributed by atoms with van der Waals surface area (Å²) in [5.41, 5.74) is 9.87. The molecule has 9 aliphatic rings. The Bertz CT molecular complexity index is 3940. The van der Waals surface area contributed by atoms with Crippen LogP contribution >= 0.6 is 0 Å². The lowest BCUT2D eigenvalue weighted by molar-refractivity contribution is -0.130. The summed E-state index contributed by atoms with van der Waals surface area (Å²) < 4.78 is 64.3. The minimum absolute atomic E-state index is 0.147. The second-order valence-electron chi connectivity index (χ2n) is 35.6. The highest BCUT2D eigenvalue weighted by molar-refractivity contribution is 7.91. The fourth-order valence-corrected chi connectivity index (χ4v) is 20.8. The van der Waals surface area contributed by atoms with E-state index >= 15 is 0 Å². The molecule has 0 saturated heterocycles. The third-order valence-electron chi connectivity index (χ3n) is 23.4. The van der Waals surface area contributed by atoms with Crippen molar-refractivity contribution in [1.82, 2.24) is 10.6 Å². The number of carbonyl (C=O) groups is 2. The lowest BCUT2D eigenvalue weighted by Gasteiger charge is -2.62. The second-order valence-corrected chi connectivity index (χ2v) is 39.6. The minimum Gasteiger partial charge on any atom is -0.507 e. The first-order chi connectivity index (χ1) is 44.6. The highest BCUT2D eigenvalue weighted by atomic mass is 32.2. The van der Waals surface area contributed by atoms with E-state index in [1.165, 1.54) is 12.5 Å². The molecule has 8 fully saturated rings. The fourth-order valence-electron chi connectivity index (χ4n) is 19.6. The van der Waals surface area contributed by atoms with Gasteiger partial charge in [-0.1, -0.05) is 156 Å². The molecule has 0 heterocycles. The van der Waals surface area contributed by atoms with Crippen molar-refractivity contribution in [3.63, 3.8) is 0 Å². The zero-order valence-electron chi connectivity index (χ0n) is 59.3. The fraction of sp³-hybridized carbons (Fsp3) is 0.537. The van der Waals surface area contributed by atoms with Gasteiger partial charge in [-0.15, -0.1) is 0 Å². The van der Waals surface area contributed by atoms with E-state index in [0.717, 1.165) is 133 Å². The highest BCUT2D eigenvalue weighted by Gasteiger charge is 2.60. The first-order valence-electron chi connectivity index (χ1n) is 35.2. The standard InChI is InChI=1S/C82H102N2O10S2/c1-75(2,3)63-29-53-25-57-33-65(77(7,8)9)35-59(73(57)93-45-69(85)83-81-41-49-23-50(42-81)38-79(37-49,47-81)61-15-19-67(20-16-61)95(13,89)90)27-55-31-64(76(4,5)6)32-56(72(55)88)28-60-36-66(78(10,11)12)34-58(26-54(30-63)71(53)87)74(60)94-46-70(86)84-82-43-51-24-52(44-82)40-80(39-51,48-82)62-17-21-68(22-18-62)96(14,91)92/h15-22,29-36,49-52,87-88H,23-28,37-48H2,1-14H3,(H,83,85)(H,84,86)/t49-,50+,51-,52+,79?,80?,81?,82?. The van der Waals surface area contributed by atoms with Gasteiger partial charge >= 0.3 is 0 Å². The zero-order valence-corrected chi connectivity index (χ0v) is 60.9. The molecule has 0 radical (unpaired) electrons. The van der Waals surface area contributed by atoms with Crippen LogP contribution in [-0.4, -0.2) is 75.7 Å². The first-order valence-corrected chi connectivity index (χ1v) is 39.0. The van der Waals surface area contributed by atoms with Crippen molar-refractivity contribution in [2.24, 2.45) is 23.7 Å². The van der Waals surface area contributed by atoms with Crippen LogP contribution in [0.1, 0.15) is 238 Å². The molecular weight excluding hydrogens is 1240 g/mol. The molecule has 96 heavy (non-hydrogen) atoms. The number of nitrogens with one attached hydrogen (secondary N) is 2. The molecule has 0 aromatic heterocycles. The number of phenols is 2. The number of ether oxygens (including phenoxy) is 2. The maximum absolute atomic E-state index is 15.0. The van der Waals surface area contributed by atoms with Gasteiger partial charge in [-0.3, -0.25) is 9.59 Å². The van der Waals surface area contributed by atoms with Crippen LogP contribution in [0.15, 0.2) is 107 Å². The van der Waals surface area contributed by atoms with E-state index in [4.69, 9.17) is 9.47 Å². The summed E-state index contributed by atoms with van der Waals surface area (Å²) in [4.78, 5) is 30.6. The third kappa shape index (κ3) is 13.3. The van der Waals surface area contributed by atoms with Crippen molar-refractivity contribution >= 4 is 31.5 Å². The Kier molecular flexibility index (Phi) is 16.6. The SMILES string of the molecule is CC(C)(C)c1cc2c(O)c(c1)Cc1cc(C(C)(C)C)cc(c1OCC(=O)NC13C[C@H]4C[C@@H](C1)CC(c1ccc(S(C)(=O)=O)cc1)(C4)C3)Cc1cc(C(C)(C)C)cc(c1O)Cc1cc(C(C)(C)C)cc(c1OCC(=O)NC13C[C@H]4C[C@@H](C1)CC(c1ccc(S(C)(=O)=O)cc1)(C4)C3)C2. The minimum atomic E-state index is -3.36. The summed E-state index contributed by atoms with van der Waals surface area (Å²) in [5.74, 6) is 2.69. The van der Waals surface area contributed by atoms with E-state index in [1.807, 2.05) is 24.3 Å². The number of benzene rings is 6. The lowest BCUT2D eigenvalue weighted by Crippen LogP contribution is -2.64. The van der Waals surface area contributed by atoms with Crippen molar-refractivity contribution < 1.29 is 46.1 Å². The van der Waals surface area contributed by atoms with Crippen molar-refractivity contribution in [1.29, 1.82) is 0 Å². The van der Waals surface area contributed by atoms with Gasteiger partial charge in [0, 0.05) is 49.3 Å². The predicted octanol–water partition coefficient (Wildman–Crippen LogP) is 15.3. The maximum Gasteiger partial charge on any atom is 0.258 e. The van der Waals surface area contributed by atoms with Gasteiger partial charge in [0.1, 0.15) is 23.0 Å². The van der Waals surface area contributed by atoms with Crippen LogP contribution in [0.3, 0.4) is 0 Å². The van der Waals surface area contributed by atoms with Gasteiger partial charge in [-0.2, -0.15) is 0 Å². The molecule has 6 aromatic rings. The number of sulfone groups is 2. The van der Waals surface area contributed by atoms with Gasteiger partial charge < -0.3 is 30.3 Å². The van der Waals surface area contributed by atoms with Crippen molar-refractivity contribution in [2.75, 3.05) is 25.7 Å². The van der Waals surface area contributed by atoms with Gasteiger partial charge in [0.15, 0.2) is 32.9 Å². The number of hydrogen-bond acceptors (Lipinski definition) is 10. The van der Waals surface area contributed by atoms with Crippen LogP contribution < -0.4 is 20.1 Å². The topological polar surface area (TPSA) is 185 Å². The Morgan fingerprint density at radius 1 is 0.417 bits per heavy atom. The Balaban J connectivity index is 0.882. The molecule has 12 nitrogen and oxygen atoms in total. The molecule has 9 aliphatic carbocycles. The first kappa shape index (κ1) is 67.9. The highest BCUT2D eigenvalue weighted by Crippen LogP contribution is 2.64. The molecule has 6 aromatic carbocycles. The number of aromatic hydroxyl groups is 2.